The van der Waals surface area contributed by atoms with Crippen LogP contribution in [0.1, 0.15) is 27.2 Å². The Labute approximate surface area is 56.5 Å². The van der Waals surface area contributed by atoms with Crippen LogP contribution in [0.5, 0.6) is 0 Å². The topological polar surface area (TPSA) is 17.1 Å². The Morgan fingerprint density at radius 2 is 2.00 bits per heavy atom. The molecule has 0 fully saturated rings. The summed E-state index contributed by atoms with van der Waals surface area (Å²) in [6.07, 6.45) is 5.21. The van der Waals surface area contributed by atoms with E-state index in [2.05, 4.69) is 5.92 Å². The molecule has 0 N–H and O–H groups in total. The molecule has 1 heteroatoms. The summed E-state index contributed by atoms with van der Waals surface area (Å²) in [5.74, 6) is 2.45. The minimum absolute atomic E-state index is 0.130. The first kappa shape index (κ1) is 8.23. The van der Waals surface area contributed by atoms with Crippen molar-refractivity contribution in [3.05, 3.63) is 0 Å². The van der Waals surface area contributed by atoms with Crippen molar-refractivity contribution in [3.8, 4) is 12.3 Å². The maximum Gasteiger partial charge on any atom is 0.150 e. The largest absolute Gasteiger partial charge is 0.298 e. The van der Waals surface area contributed by atoms with Crippen molar-refractivity contribution >= 4 is 5.78 Å². The summed E-state index contributed by atoms with van der Waals surface area (Å²) in [4.78, 5) is 10.9. The first-order chi connectivity index (χ1) is 3.98. The second-order valence-corrected chi connectivity index (χ2v) is 3.05. The maximum absolute atomic E-state index is 10.9. The van der Waals surface area contributed by atoms with Crippen LogP contribution in [0.2, 0.25) is 0 Å². The lowest BCUT2D eigenvalue weighted by Gasteiger charge is -2.13. The van der Waals surface area contributed by atoms with Crippen molar-refractivity contribution in [1.29, 1.82) is 0 Å². The fourth-order valence-electron chi connectivity index (χ4n) is 0.358. The summed E-state index contributed by atoms with van der Waals surface area (Å²) in [6, 6.07) is 0. The van der Waals surface area contributed by atoms with Gasteiger partial charge in [0.25, 0.3) is 0 Å². The highest BCUT2D eigenvalue weighted by molar-refractivity contribution is 5.85. The van der Waals surface area contributed by atoms with Gasteiger partial charge < -0.3 is 0 Å². The number of terminal acetylenes is 1. The van der Waals surface area contributed by atoms with Gasteiger partial charge in [-0.25, -0.2) is 0 Å². The fraction of sp³-hybridized carbons (Fsp3) is 0.625. The van der Waals surface area contributed by atoms with Gasteiger partial charge in [0, 0.05) is 5.41 Å². The van der Waals surface area contributed by atoms with Gasteiger partial charge in [0.15, 0.2) is 0 Å². The standard InChI is InChI=1S/C8H12O/c1-5-6-7(9)8(2,3)4/h1H,6H2,2-4H3. The van der Waals surface area contributed by atoms with Crippen molar-refractivity contribution in [2.45, 2.75) is 27.2 Å². The van der Waals surface area contributed by atoms with E-state index in [1.165, 1.54) is 0 Å². The molecule has 0 spiro atoms. The molecule has 0 saturated carbocycles. The van der Waals surface area contributed by atoms with E-state index in [9.17, 15) is 4.79 Å². The SMILES string of the molecule is C#CCC(=O)C(C)(C)C. The van der Waals surface area contributed by atoms with Gasteiger partial charge in [-0.2, -0.15) is 0 Å². The summed E-state index contributed by atoms with van der Waals surface area (Å²) in [7, 11) is 0. The molecule has 0 unspecified atom stereocenters. The van der Waals surface area contributed by atoms with Crippen molar-refractivity contribution in [2.75, 3.05) is 0 Å². The molecule has 0 aliphatic heterocycles. The third-order valence-electron chi connectivity index (χ3n) is 1.10. The molecule has 0 saturated heterocycles. The Kier molecular flexibility index (Phi) is 2.45. The highest BCUT2D eigenvalue weighted by atomic mass is 16.1. The number of hydrogen-bond donors (Lipinski definition) is 0. The number of rotatable bonds is 1. The van der Waals surface area contributed by atoms with Crippen LogP contribution >= 0.6 is 0 Å². The van der Waals surface area contributed by atoms with E-state index in [0.29, 0.717) is 0 Å². The lowest BCUT2D eigenvalue weighted by Crippen LogP contribution is -2.18. The predicted molar refractivity (Wildman–Crippen MR) is 37.9 cm³/mol. The van der Waals surface area contributed by atoms with E-state index in [0.717, 1.165) is 0 Å². The number of Topliss-reactive ketones (excluding diaryl/α,β-unsaturated/α-hetero) is 1. The zero-order valence-corrected chi connectivity index (χ0v) is 6.19. The Hall–Kier alpha value is -0.770. The molecule has 9 heavy (non-hydrogen) atoms. The van der Waals surface area contributed by atoms with Gasteiger partial charge in [-0.05, 0) is 0 Å². The smallest absolute Gasteiger partial charge is 0.150 e. The molecule has 0 bridgehead atoms. The van der Waals surface area contributed by atoms with E-state index in [1.807, 2.05) is 20.8 Å². The Bertz CT molecular complexity index is 143. The van der Waals surface area contributed by atoms with E-state index in [1.54, 1.807) is 0 Å². The first-order valence-corrected chi connectivity index (χ1v) is 2.95. The van der Waals surface area contributed by atoms with Crippen molar-refractivity contribution < 1.29 is 4.79 Å². The summed E-state index contributed by atoms with van der Waals surface area (Å²) in [6.45, 7) is 5.60. The van der Waals surface area contributed by atoms with Gasteiger partial charge in [0.2, 0.25) is 0 Å². The Morgan fingerprint density at radius 1 is 1.56 bits per heavy atom. The molecule has 50 valence electrons. The van der Waals surface area contributed by atoms with Crippen molar-refractivity contribution in [2.24, 2.45) is 5.41 Å². The molecule has 0 radical (unpaired) electrons. The second kappa shape index (κ2) is 2.68. The summed E-state index contributed by atoms with van der Waals surface area (Å²) in [5.41, 5.74) is -0.271. The first-order valence-electron chi connectivity index (χ1n) is 2.95. The van der Waals surface area contributed by atoms with Crippen molar-refractivity contribution in [3.63, 3.8) is 0 Å². The van der Waals surface area contributed by atoms with Crippen LogP contribution in [0.3, 0.4) is 0 Å². The maximum atomic E-state index is 10.9. The molecule has 1 nitrogen and oxygen atoms in total. The lowest BCUT2D eigenvalue weighted by molar-refractivity contribution is -0.125. The van der Waals surface area contributed by atoms with E-state index in [4.69, 9.17) is 6.42 Å². The van der Waals surface area contributed by atoms with E-state index in [-0.39, 0.29) is 17.6 Å². The lowest BCUT2D eigenvalue weighted by atomic mass is 9.89. The molecular formula is C8H12O. The average Bonchev–Trinajstić information content (AvgIpc) is 1.64. The van der Waals surface area contributed by atoms with Crippen LogP contribution < -0.4 is 0 Å². The monoisotopic (exact) mass is 124 g/mol. The highest BCUT2D eigenvalue weighted by Gasteiger charge is 2.19. The molecule has 0 atom stereocenters. The zero-order chi connectivity index (χ0) is 7.49. The molecule has 0 aliphatic rings. The van der Waals surface area contributed by atoms with Crippen LogP contribution in [0.15, 0.2) is 0 Å². The quantitative estimate of drug-likeness (QED) is 0.485. The molecule has 0 aromatic carbocycles. The number of carbonyl (C=O) groups excluding carboxylic acids is 1. The van der Waals surface area contributed by atoms with Crippen LogP contribution in [0.4, 0.5) is 0 Å². The molecule has 0 rings (SSSR count). The minimum Gasteiger partial charge on any atom is -0.298 e. The Morgan fingerprint density at radius 3 is 2.11 bits per heavy atom. The van der Waals surface area contributed by atoms with Gasteiger partial charge >= 0.3 is 0 Å². The van der Waals surface area contributed by atoms with E-state index < -0.39 is 0 Å². The minimum atomic E-state index is -0.271. The summed E-state index contributed by atoms with van der Waals surface area (Å²) in [5, 5.41) is 0. The summed E-state index contributed by atoms with van der Waals surface area (Å²) < 4.78 is 0. The fourth-order valence-corrected chi connectivity index (χ4v) is 0.358. The van der Waals surface area contributed by atoms with Crippen LogP contribution in [0, 0.1) is 17.8 Å². The van der Waals surface area contributed by atoms with Crippen LogP contribution in [-0.2, 0) is 4.79 Å². The van der Waals surface area contributed by atoms with Crippen molar-refractivity contribution in [1.82, 2.24) is 0 Å². The van der Waals surface area contributed by atoms with Gasteiger partial charge in [-0.15, -0.1) is 6.42 Å². The second-order valence-electron chi connectivity index (χ2n) is 3.05. The molecular weight excluding hydrogens is 112 g/mol. The highest BCUT2D eigenvalue weighted by Crippen LogP contribution is 2.15. The van der Waals surface area contributed by atoms with E-state index >= 15 is 0 Å². The number of hydrogen-bond acceptors (Lipinski definition) is 1. The van der Waals surface area contributed by atoms with Crippen LogP contribution in [0.25, 0.3) is 0 Å². The molecule has 0 aliphatic carbocycles. The Balaban J connectivity index is 3.93. The molecule has 0 aromatic heterocycles. The summed E-state index contributed by atoms with van der Waals surface area (Å²) >= 11 is 0. The molecule has 0 amide bonds. The van der Waals surface area contributed by atoms with Crippen LogP contribution in [-0.4, -0.2) is 5.78 Å². The predicted octanol–water partition coefficient (Wildman–Crippen LogP) is 1.62. The van der Waals surface area contributed by atoms with Gasteiger partial charge in [-0.3, -0.25) is 4.79 Å². The zero-order valence-electron chi connectivity index (χ0n) is 6.19. The normalized spacial score (nSPS) is 10.4. The van der Waals surface area contributed by atoms with Gasteiger partial charge in [0.05, 0.1) is 6.42 Å². The third kappa shape index (κ3) is 2.92. The van der Waals surface area contributed by atoms with Gasteiger partial charge in [-0.1, -0.05) is 26.7 Å². The van der Waals surface area contributed by atoms with Gasteiger partial charge in [0.1, 0.15) is 5.78 Å². The third-order valence-corrected chi connectivity index (χ3v) is 1.10. The molecule has 0 aromatic rings. The molecule has 0 heterocycles. The number of ketones is 1. The number of carbonyl (C=O) groups is 1. The average molecular weight is 124 g/mol.